The molecule has 1 amide bonds. The highest BCUT2D eigenvalue weighted by atomic mass is 16.5. The minimum atomic E-state index is -0.614. The van der Waals surface area contributed by atoms with Crippen LogP contribution in [0.5, 0.6) is 5.75 Å². The lowest BCUT2D eigenvalue weighted by molar-refractivity contribution is -0.151. The van der Waals surface area contributed by atoms with Gasteiger partial charge in [-0.1, -0.05) is 42.5 Å². The van der Waals surface area contributed by atoms with Crippen LogP contribution in [0.4, 0.5) is 0 Å². The summed E-state index contributed by atoms with van der Waals surface area (Å²) in [5.74, 6) is -0.561. The van der Waals surface area contributed by atoms with E-state index in [4.69, 9.17) is 9.47 Å². The molecule has 6 heteroatoms. The van der Waals surface area contributed by atoms with Crippen molar-refractivity contribution < 1.29 is 23.9 Å². The van der Waals surface area contributed by atoms with Gasteiger partial charge >= 0.3 is 5.97 Å². The second-order valence-corrected chi connectivity index (χ2v) is 7.17. The van der Waals surface area contributed by atoms with Crippen LogP contribution < -0.4 is 10.1 Å². The fourth-order valence-corrected chi connectivity index (χ4v) is 3.37. The summed E-state index contributed by atoms with van der Waals surface area (Å²) < 4.78 is 10.7. The number of ketones is 1. The molecule has 2 aromatic carbocycles. The van der Waals surface area contributed by atoms with Crippen molar-refractivity contribution in [1.82, 2.24) is 5.32 Å². The Bertz CT molecular complexity index is 847. The fraction of sp³-hybridized carbons (Fsp3) is 0.348. The van der Waals surface area contributed by atoms with Gasteiger partial charge in [-0.2, -0.15) is 0 Å². The minimum absolute atomic E-state index is 0.0323. The zero-order chi connectivity index (χ0) is 20.6. The van der Waals surface area contributed by atoms with Gasteiger partial charge in [0.1, 0.15) is 12.4 Å². The van der Waals surface area contributed by atoms with E-state index in [1.54, 1.807) is 7.11 Å². The predicted molar refractivity (Wildman–Crippen MR) is 107 cm³/mol. The summed E-state index contributed by atoms with van der Waals surface area (Å²) in [5, 5.41) is 2.68. The van der Waals surface area contributed by atoms with Crippen molar-refractivity contribution in [2.45, 2.75) is 38.3 Å². The quantitative estimate of drug-likeness (QED) is 0.661. The number of methoxy groups -OCH3 is 1. The third-order valence-electron chi connectivity index (χ3n) is 5.03. The molecule has 1 aliphatic rings. The van der Waals surface area contributed by atoms with E-state index in [-0.39, 0.29) is 24.7 Å². The number of rotatable bonds is 9. The maximum atomic E-state index is 12.8. The van der Waals surface area contributed by atoms with Crippen LogP contribution in [-0.2, 0) is 32.1 Å². The monoisotopic (exact) mass is 395 g/mol. The Labute approximate surface area is 170 Å². The zero-order valence-electron chi connectivity index (χ0n) is 16.4. The van der Waals surface area contributed by atoms with Crippen LogP contribution in [0.1, 0.15) is 30.4 Å². The summed E-state index contributed by atoms with van der Waals surface area (Å²) in [5.41, 5.74) is 1.80. The molecule has 1 aliphatic heterocycles. The van der Waals surface area contributed by atoms with Crippen LogP contribution in [-0.4, -0.2) is 30.8 Å². The second-order valence-electron chi connectivity index (χ2n) is 7.17. The molecule has 0 radical (unpaired) electrons. The van der Waals surface area contributed by atoms with Crippen molar-refractivity contribution in [2.75, 3.05) is 7.11 Å². The average Bonchev–Trinajstić information content (AvgIpc) is 3.19. The molecular formula is C23H25NO5. The summed E-state index contributed by atoms with van der Waals surface area (Å²) in [6, 6.07) is 16.3. The van der Waals surface area contributed by atoms with Gasteiger partial charge in [-0.15, -0.1) is 0 Å². The van der Waals surface area contributed by atoms with E-state index in [1.807, 2.05) is 54.6 Å². The first-order valence-electron chi connectivity index (χ1n) is 9.70. The van der Waals surface area contributed by atoms with E-state index in [1.165, 1.54) is 0 Å². The molecule has 0 bridgehead atoms. The van der Waals surface area contributed by atoms with Crippen LogP contribution in [0.15, 0.2) is 54.6 Å². The molecule has 1 saturated heterocycles. The minimum Gasteiger partial charge on any atom is -0.497 e. The number of hydrogen-bond donors (Lipinski definition) is 1. The van der Waals surface area contributed by atoms with Crippen molar-refractivity contribution in [3.05, 3.63) is 65.7 Å². The Morgan fingerprint density at radius 3 is 2.41 bits per heavy atom. The highest BCUT2D eigenvalue weighted by Crippen LogP contribution is 2.21. The van der Waals surface area contributed by atoms with Crippen molar-refractivity contribution in [2.24, 2.45) is 5.92 Å². The Hall–Kier alpha value is -3.15. The summed E-state index contributed by atoms with van der Waals surface area (Å²) in [6.45, 7) is 0.160. The second kappa shape index (κ2) is 9.87. The lowest BCUT2D eigenvalue weighted by Crippen LogP contribution is -2.36. The number of hydrogen-bond acceptors (Lipinski definition) is 5. The topological polar surface area (TPSA) is 81.7 Å². The number of amides is 1. The molecule has 2 atom stereocenters. The molecule has 0 spiro atoms. The average molecular weight is 395 g/mol. The van der Waals surface area contributed by atoms with Gasteiger partial charge in [0.05, 0.1) is 19.1 Å². The molecule has 2 aromatic rings. The number of carbonyl (C=O) groups excluding carboxylic acids is 3. The Kier molecular flexibility index (Phi) is 7.00. The molecule has 0 unspecified atom stereocenters. The van der Waals surface area contributed by atoms with Crippen LogP contribution in [0.2, 0.25) is 0 Å². The molecule has 0 saturated carbocycles. The number of esters is 1. The van der Waals surface area contributed by atoms with Gasteiger partial charge < -0.3 is 14.8 Å². The summed E-state index contributed by atoms with van der Waals surface area (Å²) in [7, 11) is 1.59. The molecule has 152 valence electrons. The highest BCUT2D eigenvalue weighted by molar-refractivity contribution is 5.94. The largest absolute Gasteiger partial charge is 0.497 e. The van der Waals surface area contributed by atoms with Crippen LogP contribution in [0.3, 0.4) is 0 Å². The first-order chi connectivity index (χ1) is 14.0. The Morgan fingerprint density at radius 1 is 1.07 bits per heavy atom. The molecule has 1 fully saturated rings. The van der Waals surface area contributed by atoms with Crippen molar-refractivity contribution in [3.63, 3.8) is 0 Å². The SMILES string of the molecule is COc1ccc(C[C@H](CC(=O)[C@H]2CCC(=O)N2)C(=O)OCc2ccccc2)cc1. The van der Waals surface area contributed by atoms with Gasteiger partial charge in [0, 0.05) is 12.8 Å². The van der Waals surface area contributed by atoms with Gasteiger partial charge in [0.15, 0.2) is 5.78 Å². The van der Waals surface area contributed by atoms with E-state index < -0.39 is 17.9 Å². The van der Waals surface area contributed by atoms with E-state index in [0.29, 0.717) is 19.3 Å². The van der Waals surface area contributed by atoms with Gasteiger partial charge in [-0.25, -0.2) is 0 Å². The smallest absolute Gasteiger partial charge is 0.310 e. The predicted octanol–water partition coefficient (Wildman–Crippen LogP) is 2.84. The van der Waals surface area contributed by atoms with Crippen LogP contribution in [0.25, 0.3) is 0 Å². The fourth-order valence-electron chi connectivity index (χ4n) is 3.37. The highest BCUT2D eigenvalue weighted by Gasteiger charge is 2.31. The van der Waals surface area contributed by atoms with Crippen molar-refractivity contribution >= 4 is 17.7 Å². The maximum absolute atomic E-state index is 12.8. The number of Topliss-reactive ketones (excluding diaryl/α,β-unsaturated/α-hetero) is 1. The van der Waals surface area contributed by atoms with Gasteiger partial charge in [-0.3, -0.25) is 14.4 Å². The van der Waals surface area contributed by atoms with E-state index in [9.17, 15) is 14.4 Å². The van der Waals surface area contributed by atoms with Gasteiger partial charge in [-0.05, 0) is 36.1 Å². The molecule has 3 rings (SSSR count). The molecule has 6 nitrogen and oxygen atoms in total. The first kappa shape index (κ1) is 20.6. The van der Waals surface area contributed by atoms with Gasteiger partial charge in [0.25, 0.3) is 0 Å². The Balaban J connectivity index is 1.67. The summed E-state index contributed by atoms with van der Waals surface area (Å²) in [4.78, 5) is 36.8. The number of nitrogens with one attached hydrogen (secondary N) is 1. The number of ether oxygens (including phenoxy) is 2. The molecular weight excluding hydrogens is 370 g/mol. The normalized spacial score (nSPS) is 16.7. The lowest BCUT2D eigenvalue weighted by atomic mass is 9.91. The molecule has 1 heterocycles. The lowest BCUT2D eigenvalue weighted by Gasteiger charge is -2.18. The van der Waals surface area contributed by atoms with E-state index in [2.05, 4.69) is 5.32 Å². The maximum Gasteiger partial charge on any atom is 0.310 e. The molecule has 29 heavy (non-hydrogen) atoms. The zero-order valence-corrected chi connectivity index (χ0v) is 16.4. The third kappa shape index (κ3) is 5.91. The third-order valence-corrected chi connectivity index (χ3v) is 5.03. The van der Waals surface area contributed by atoms with Gasteiger partial charge in [0.2, 0.25) is 5.91 Å². The summed E-state index contributed by atoms with van der Waals surface area (Å²) >= 11 is 0. The number of carbonyl (C=O) groups is 3. The first-order valence-corrected chi connectivity index (χ1v) is 9.70. The van der Waals surface area contributed by atoms with Crippen LogP contribution >= 0.6 is 0 Å². The molecule has 0 aromatic heterocycles. The summed E-state index contributed by atoms with van der Waals surface area (Å²) in [6.07, 6.45) is 1.23. The van der Waals surface area contributed by atoms with E-state index in [0.717, 1.165) is 16.9 Å². The van der Waals surface area contributed by atoms with Crippen molar-refractivity contribution in [1.29, 1.82) is 0 Å². The molecule has 1 N–H and O–H groups in total. The Morgan fingerprint density at radius 2 is 1.79 bits per heavy atom. The van der Waals surface area contributed by atoms with E-state index >= 15 is 0 Å². The number of benzene rings is 2. The van der Waals surface area contributed by atoms with Crippen molar-refractivity contribution in [3.8, 4) is 5.75 Å². The molecule has 0 aliphatic carbocycles. The standard InChI is InChI=1S/C23H25NO5/c1-28-19-9-7-16(8-10-19)13-18(14-21(25)20-11-12-22(26)24-20)23(27)29-15-17-5-3-2-4-6-17/h2-10,18,20H,11-15H2,1H3,(H,24,26)/t18-,20-/m1/s1. The van der Waals surface area contributed by atoms with Crippen LogP contribution in [0, 0.1) is 5.92 Å².